The van der Waals surface area contributed by atoms with Crippen LogP contribution in [0.25, 0.3) is 0 Å². The van der Waals surface area contributed by atoms with E-state index in [-0.39, 0.29) is 37.4 Å². The van der Waals surface area contributed by atoms with Gasteiger partial charge >= 0.3 is 6.18 Å². The van der Waals surface area contributed by atoms with Gasteiger partial charge in [-0.25, -0.2) is 9.97 Å². The second-order valence-corrected chi connectivity index (χ2v) is 5.39. The fourth-order valence-corrected chi connectivity index (χ4v) is 2.47. The van der Waals surface area contributed by atoms with Crippen LogP contribution in [0.2, 0.25) is 0 Å². The van der Waals surface area contributed by atoms with E-state index in [0.29, 0.717) is 25.9 Å². The smallest absolute Gasteiger partial charge is 0.368 e. The molecule has 142 valence electrons. The van der Waals surface area contributed by atoms with Crippen molar-refractivity contribution < 1.29 is 22.7 Å². The number of amides is 1. The first-order valence-corrected chi connectivity index (χ1v) is 7.56. The number of alkyl halides is 3. The summed E-state index contributed by atoms with van der Waals surface area (Å²) < 4.78 is 43.1. The zero-order chi connectivity index (χ0) is 17.6. The topological polar surface area (TPSA) is 88.2 Å². The van der Waals surface area contributed by atoms with E-state index in [1.807, 2.05) is 0 Å². The number of methoxy groups -OCH3 is 1. The van der Waals surface area contributed by atoms with Crippen LogP contribution in [0, 0.1) is 0 Å². The highest BCUT2D eigenvalue weighted by Gasteiger charge is 2.39. The highest BCUT2D eigenvalue weighted by atomic mass is 35.5. The highest BCUT2D eigenvalue weighted by Crippen LogP contribution is 2.27. The van der Waals surface area contributed by atoms with Crippen molar-refractivity contribution in [3.63, 3.8) is 0 Å². The number of aromatic nitrogens is 2. The van der Waals surface area contributed by atoms with Crippen LogP contribution < -0.4 is 16.0 Å². The van der Waals surface area contributed by atoms with Gasteiger partial charge < -0.3 is 20.7 Å². The van der Waals surface area contributed by atoms with Gasteiger partial charge in [0.2, 0.25) is 5.95 Å². The van der Waals surface area contributed by atoms with E-state index in [4.69, 9.17) is 4.74 Å². The lowest BCUT2D eigenvalue weighted by atomic mass is 9.91. The van der Waals surface area contributed by atoms with Crippen LogP contribution in [0.5, 0.6) is 0 Å². The molecule has 1 amide bonds. The molecule has 7 nitrogen and oxygen atoms in total. The van der Waals surface area contributed by atoms with E-state index in [9.17, 15) is 18.0 Å². The minimum Gasteiger partial charge on any atom is -0.368 e. The van der Waals surface area contributed by atoms with Crippen molar-refractivity contribution in [2.24, 2.45) is 0 Å². The monoisotopic (exact) mass is 383 g/mol. The first-order valence-electron chi connectivity index (χ1n) is 7.56. The number of carbonyl (C=O) groups is 1. The van der Waals surface area contributed by atoms with E-state index < -0.39 is 17.5 Å². The number of ether oxygens (including phenoxy) is 1. The van der Waals surface area contributed by atoms with Crippen molar-refractivity contribution in [2.75, 3.05) is 38.6 Å². The molecule has 0 unspecified atom stereocenters. The number of rotatable bonds is 6. The van der Waals surface area contributed by atoms with Gasteiger partial charge in [0.05, 0.1) is 0 Å². The first-order chi connectivity index (χ1) is 11.4. The minimum absolute atomic E-state index is 0. The second kappa shape index (κ2) is 9.16. The molecule has 1 aliphatic rings. The van der Waals surface area contributed by atoms with Crippen LogP contribution in [0.15, 0.2) is 12.3 Å². The molecule has 2 rings (SSSR count). The number of anilines is 1. The standard InChI is InChI=1S/C14H20F3N5O2.ClH/c1-24-13(3-6-18-7-4-13)11(23)19-8-9-21-12-20-5-2-10(22-12)14(15,16)17;/h2,5,18H,3-4,6-9H2,1H3,(H,19,23)(H,20,21,22);1H. The summed E-state index contributed by atoms with van der Waals surface area (Å²) in [7, 11) is 1.50. The average molecular weight is 384 g/mol. The van der Waals surface area contributed by atoms with Crippen molar-refractivity contribution in [2.45, 2.75) is 24.6 Å². The minimum atomic E-state index is -4.52. The molecule has 0 spiro atoms. The van der Waals surface area contributed by atoms with Crippen molar-refractivity contribution in [1.29, 1.82) is 0 Å². The molecule has 1 fully saturated rings. The maximum absolute atomic E-state index is 12.6. The lowest BCUT2D eigenvalue weighted by molar-refractivity contribution is -0.146. The van der Waals surface area contributed by atoms with Gasteiger partial charge in [0, 0.05) is 26.4 Å². The Labute approximate surface area is 149 Å². The Hall–Kier alpha value is -1.65. The summed E-state index contributed by atoms with van der Waals surface area (Å²) in [6, 6.07) is 0.798. The Morgan fingerprint density at radius 2 is 2.04 bits per heavy atom. The number of nitrogens with zero attached hydrogens (tertiary/aromatic N) is 2. The van der Waals surface area contributed by atoms with Crippen LogP contribution in [-0.4, -0.2) is 54.8 Å². The third-order valence-corrected chi connectivity index (χ3v) is 3.86. The summed E-state index contributed by atoms with van der Waals surface area (Å²) in [5.74, 6) is -0.361. The van der Waals surface area contributed by atoms with Crippen molar-refractivity contribution >= 4 is 24.3 Å². The molecule has 0 atom stereocenters. The molecule has 2 heterocycles. The lowest BCUT2D eigenvalue weighted by Crippen LogP contribution is -2.54. The fraction of sp³-hybridized carbons (Fsp3) is 0.643. The van der Waals surface area contributed by atoms with Crippen LogP contribution in [-0.2, 0) is 15.7 Å². The number of halogens is 4. The van der Waals surface area contributed by atoms with Crippen molar-refractivity contribution in [3.8, 4) is 0 Å². The summed E-state index contributed by atoms with van der Waals surface area (Å²) in [5, 5.41) is 8.54. The normalized spacial score (nSPS) is 16.6. The number of carbonyl (C=O) groups excluding carboxylic acids is 1. The SMILES string of the molecule is COC1(C(=O)NCCNc2nccc(C(F)(F)F)n2)CCNCC1.Cl. The van der Waals surface area contributed by atoms with E-state index in [0.717, 1.165) is 12.3 Å². The Bertz CT molecular complexity index is 568. The molecule has 3 N–H and O–H groups in total. The largest absolute Gasteiger partial charge is 0.433 e. The molecule has 1 saturated heterocycles. The van der Waals surface area contributed by atoms with Gasteiger partial charge in [-0.3, -0.25) is 4.79 Å². The molecule has 1 aromatic rings. The molecule has 0 aliphatic carbocycles. The number of nitrogens with one attached hydrogen (secondary N) is 3. The number of hydrogen-bond acceptors (Lipinski definition) is 6. The van der Waals surface area contributed by atoms with Gasteiger partial charge in [-0.15, -0.1) is 12.4 Å². The molecule has 1 aliphatic heterocycles. The van der Waals surface area contributed by atoms with Gasteiger partial charge in [-0.2, -0.15) is 13.2 Å². The number of piperidine rings is 1. The fourth-order valence-electron chi connectivity index (χ4n) is 2.47. The maximum Gasteiger partial charge on any atom is 0.433 e. The Balaban J connectivity index is 0.00000312. The maximum atomic E-state index is 12.6. The molecular formula is C14H21ClF3N5O2. The Kier molecular flexibility index (Phi) is 7.84. The average Bonchev–Trinajstić information content (AvgIpc) is 2.58. The predicted molar refractivity (Wildman–Crippen MR) is 87.6 cm³/mol. The van der Waals surface area contributed by atoms with Crippen molar-refractivity contribution in [1.82, 2.24) is 20.6 Å². The summed E-state index contributed by atoms with van der Waals surface area (Å²) in [5.41, 5.74) is -1.87. The van der Waals surface area contributed by atoms with Gasteiger partial charge in [-0.1, -0.05) is 0 Å². The molecule has 0 saturated carbocycles. The molecular weight excluding hydrogens is 363 g/mol. The van der Waals surface area contributed by atoms with Gasteiger partial charge in [-0.05, 0) is 32.0 Å². The van der Waals surface area contributed by atoms with Gasteiger partial charge in [0.1, 0.15) is 11.3 Å². The molecule has 0 bridgehead atoms. The van der Waals surface area contributed by atoms with E-state index in [1.54, 1.807) is 0 Å². The zero-order valence-electron chi connectivity index (χ0n) is 13.7. The summed E-state index contributed by atoms with van der Waals surface area (Å²) in [6.07, 6.45) is -2.35. The third kappa shape index (κ3) is 5.68. The second-order valence-electron chi connectivity index (χ2n) is 5.39. The van der Waals surface area contributed by atoms with E-state index in [2.05, 4.69) is 25.9 Å². The quantitative estimate of drug-likeness (QED) is 0.640. The van der Waals surface area contributed by atoms with Gasteiger partial charge in [0.25, 0.3) is 5.91 Å². The van der Waals surface area contributed by atoms with Gasteiger partial charge in [0.15, 0.2) is 0 Å². The predicted octanol–water partition coefficient (Wildman–Crippen LogP) is 1.21. The van der Waals surface area contributed by atoms with Crippen molar-refractivity contribution in [3.05, 3.63) is 18.0 Å². The molecule has 11 heteroatoms. The van der Waals surface area contributed by atoms with Crippen LogP contribution in [0.4, 0.5) is 19.1 Å². The molecule has 0 aromatic carbocycles. The molecule has 25 heavy (non-hydrogen) atoms. The summed E-state index contributed by atoms with van der Waals surface area (Å²) >= 11 is 0. The van der Waals surface area contributed by atoms with E-state index in [1.165, 1.54) is 7.11 Å². The first kappa shape index (κ1) is 21.4. The zero-order valence-corrected chi connectivity index (χ0v) is 14.5. The third-order valence-electron chi connectivity index (χ3n) is 3.86. The molecule has 1 aromatic heterocycles. The lowest BCUT2D eigenvalue weighted by Gasteiger charge is -2.34. The number of hydrogen-bond donors (Lipinski definition) is 3. The van der Waals surface area contributed by atoms with E-state index >= 15 is 0 Å². The highest BCUT2D eigenvalue weighted by molar-refractivity contribution is 5.85. The van der Waals surface area contributed by atoms with Crippen LogP contribution in [0.3, 0.4) is 0 Å². The summed E-state index contributed by atoms with van der Waals surface area (Å²) in [4.78, 5) is 19.4. The Morgan fingerprint density at radius 1 is 1.36 bits per heavy atom. The van der Waals surface area contributed by atoms with Crippen LogP contribution in [0.1, 0.15) is 18.5 Å². The molecule has 0 radical (unpaired) electrons. The van der Waals surface area contributed by atoms with Crippen LogP contribution >= 0.6 is 12.4 Å². The Morgan fingerprint density at radius 3 is 2.64 bits per heavy atom. The summed E-state index contributed by atoms with van der Waals surface area (Å²) in [6.45, 7) is 1.80.